The first-order valence-electron chi connectivity index (χ1n) is 6.60. The van der Waals surface area contributed by atoms with Gasteiger partial charge in [0.15, 0.2) is 0 Å². The van der Waals surface area contributed by atoms with Crippen molar-refractivity contribution in [3.05, 3.63) is 58.9 Å². The Kier molecular flexibility index (Phi) is 3.75. The van der Waals surface area contributed by atoms with Gasteiger partial charge in [-0.15, -0.1) is 0 Å². The Bertz CT molecular complexity index is 933. The molecule has 0 atom stereocenters. The van der Waals surface area contributed by atoms with Crippen LogP contribution in [0.5, 0.6) is 0 Å². The third-order valence-corrected chi connectivity index (χ3v) is 3.74. The lowest BCUT2D eigenvalue weighted by atomic mass is 10.2. The average Bonchev–Trinajstić information content (AvgIpc) is 2.96. The summed E-state index contributed by atoms with van der Waals surface area (Å²) in [6, 6.07) is 9.65. The molecule has 0 unspecified atom stereocenters. The molecular formula is C16H11ClN2O4. The van der Waals surface area contributed by atoms with E-state index in [1.54, 1.807) is 41.2 Å². The zero-order valence-corrected chi connectivity index (χ0v) is 12.7. The summed E-state index contributed by atoms with van der Waals surface area (Å²) in [5.41, 5.74) is 2.49. The number of methoxy groups -OCH3 is 1. The van der Waals surface area contributed by atoms with Crippen LogP contribution in [-0.2, 0) is 4.74 Å². The number of fused-ring (bicyclic) bond motifs is 1. The number of imidazole rings is 1. The lowest BCUT2D eigenvalue weighted by Gasteiger charge is -2.07. The number of benzene rings is 2. The first kappa shape index (κ1) is 15.1. The van der Waals surface area contributed by atoms with Gasteiger partial charge in [0.1, 0.15) is 6.33 Å². The van der Waals surface area contributed by atoms with Gasteiger partial charge in [0.2, 0.25) is 0 Å². The Morgan fingerprint density at radius 2 is 2.00 bits per heavy atom. The highest BCUT2D eigenvalue weighted by atomic mass is 35.5. The molecule has 1 aromatic heterocycles. The number of nitrogens with zero attached hydrogens (tertiary/aromatic N) is 2. The summed E-state index contributed by atoms with van der Waals surface area (Å²) in [5.74, 6) is -1.52. The quantitative estimate of drug-likeness (QED) is 0.746. The maximum atomic E-state index is 11.6. The van der Waals surface area contributed by atoms with Crippen LogP contribution in [-0.4, -0.2) is 33.7 Å². The van der Waals surface area contributed by atoms with Gasteiger partial charge in [-0.1, -0.05) is 11.6 Å². The van der Waals surface area contributed by atoms with Crippen molar-refractivity contribution < 1.29 is 19.4 Å². The molecule has 0 aliphatic carbocycles. The molecule has 0 spiro atoms. The van der Waals surface area contributed by atoms with Gasteiger partial charge in [-0.3, -0.25) is 4.57 Å². The lowest BCUT2D eigenvalue weighted by molar-refractivity contribution is 0.0600. The van der Waals surface area contributed by atoms with Crippen molar-refractivity contribution in [3.8, 4) is 5.69 Å². The molecular weight excluding hydrogens is 320 g/mol. The van der Waals surface area contributed by atoms with Crippen molar-refractivity contribution in [1.29, 1.82) is 0 Å². The molecule has 3 aromatic rings. The highest BCUT2D eigenvalue weighted by Crippen LogP contribution is 2.24. The van der Waals surface area contributed by atoms with Crippen LogP contribution in [0.1, 0.15) is 20.7 Å². The standard InChI is InChI=1S/C16H11ClN2O4/c1-23-16(22)9-2-5-14-13(6-9)18-8-19(14)10-3-4-11(15(20)21)12(17)7-10/h2-8H,1H3,(H,20,21). The highest BCUT2D eigenvalue weighted by molar-refractivity contribution is 6.33. The molecule has 23 heavy (non-hydrogen) atoms. The number of aromatic nitrogens is 2. The van der Waals surface area contributed by atoms with Gasteiger partial charge in [-0.2, -0.15) is 0 Å². The third kappa shape index (κ3) is 2.64. The van der Waals surface area contributed by atoms with E-state index in [9.17, 15) is 9.59 Å². The van der Waals surface area contributed by atoms with Crippen molar-refractivity contribution in [2.75, 3.05) is 7.11 Å². The van der Waals surface area contributed by atoms with Crippen LogP contribution in [0.25, 0.3) is 16.7 Å². The molecule has 0 aliphatic heterocycles. The van der Waals surface area contributed by atoms with Gasteiger partial charge in [0, 0.05) is 5.69 Å². The monoisotopic (exact) mass is 330 g/mol. The van der Waals surface area contributed by atoms with Gasteiger partial charge in [0.25, 0.3) is 0 Å². The van der Waals surface area contributed by atoms with Crippen molar-refractivity contribution >= 4 is 34.6 Å². The maximum Gasteiger partial charge on any atom is 0.337 e. The van der Waals surface area contributed by atoms with E-state index < -0.39 is 11.9 Å². The number of aromatic carboxylic acids is 1. The molecule has 1 heterocycles. The molecule has 0 saturated heterocycles. The van der Waals surface area contributed by atoms with Crippen molar-refractivity contribution in [1.82, 2.24) is 9.55 Å². The van der Waals surface area contributed by atoms with Gasteiger partial charge in [-0.05, 0) is 36.4 Å². The SMILES string of the molecule is COC(=O)c1ccc2c(c1)ncn2-c1ccc(C(=O)O)c(Cl)c1. The van der Waals surface area contributed by atoms with Crippen LogP contribution in [0.4, 0.5) is 0 Å². The minimum Gasteiger partial charge on any atom is -0.478 e. The summed E-state index contributed by atoms with van der Waals surface area (Å²) in [7, 11) is 1.32. The minimum atomic E-state index is -1.08. The number of carbonyl (C=O) groups is 2. The topological polar surface area (TPSA) is 81.4 Å². The fourth-order valence-corrected chi connectivity index (χ4v) is 2.55. The highest BCUT2D eigenvalue weighted by Gasteiger charge is 2.13. The van der Waals surface area contributed by atoms with Gasteiger partial charge in [-0.25, -0.2) is 14.6 Å². The zero-order chi connectivity index (χ0) is 16.6. The van der Waals surface area contributed by atoms with E-state index in [0.29, 0.717) is 16.8 Å². The van der Waals surface area contributed by atoms with Crippen LogP contribution < -0.4 is 0 Å². The number of halogens is 1. The fraction of sp³-hybridized carbons (Fsp3) is 0.0625. The van der Waals surface area contributed by atoms with E-state index in [4.69, 9.17) is 16.7 Å². The average molecular weight is 331 g/mol. The fourth-order valence-electron chi connectivity index (χ4n) is 2.29. The number of hydrogen-bond acceptors (Lipinski definition) is 4. The molecule has 2 aromatic carbocycles. The molecule has 0 fully saturated rings. The smallest absolute Gasteiger partial charge is 0.337 e. The predicted molar refractivity (Wildman–Crippen MR) is 84.4 cm³/mol. The van der Waals surface area contributed by atoms with Gasteiger partial charge < -0.3 is 9.84 Å². The van der Waals surface area contributed by atoms with Crippen LogP contribution in [0.2, 0.25) is 5.02 Å². The second-order valence-corrected chi connectivity index (χ2v) is 5.19. The Morgan fingerprint density at radius 1 is 1.22 bits per heavy atom. The first-order chi connectivity index (χ1) is 11.0. The maximum absolute atomic E-state index is 11.6. The second-order valence-electron chi connectivity index (χ2n) is 4.78. The normalized spacial score (nSPS) is 10.7. The van der Waals surface area contributed by atoms with Gasteiger partial charge >= 0.3 is 11.9 Å². The lowest BCUT2D eigenvalue weighted by Crippen LogP contribution is -2.01. The molecule has 7 heteroatoms. The van der Waals surface area contributed by atoms with Crippen molar-refractivity contribution in [2.24, 2.45) is 0 Å². The summed E-state index contributed by atoms with van der Waals surface area (Å²) >= 11 is 6.00. The summed E-state index contributed by atoms with van der Waals surface area (Å²) in [6.45, 7) is 0. The molecule has 3 rings (SSSR count). The van der Waals surface area contributed by atoms with Crippen LogP contribution in [0, 0.1) is 0 Å². The van der Waals surface area contributed by atoms with Crippen LogP contribution in [0.3, 0.4) is 0 Å². The second kappa shape index (κ2) is 5.73. The van der Waals surface area contributed by atoms with Crippen molar-refractivity contribution in [3.63, 3.8) is 0 Å². The molecule has 0 radical (unpaired) electrons. The Morgan fingerprint density at radius 3 is 2.65 bits per heavy atom. The summed E-state index contributed by atoms with van der Waals surface area (Å²) < 4.78 is 6.44. The number of rotatable bonds is 3. The first-order valence-corrected chi connectivity index (χ1v) is 6.97. The van der Waals surface area contributed by atoms with E-state index in [1.807, 2.05) is 0 Å². The number of hydrogen-bond donors (Lipinski definition) is 1. The Balaban J connectivity index is 2.09. The predicted octanol–water partition coefficient (Wildman–Crippen LogP) is 3.16. The molecule has 6 nitrogen and oxygen atoms in total. The van der Waals surface area contributed by atoms with E-state index in [2.05, 4.69) is 9.72 Å². The summed E-state index contributed by atoms with van der Waals surface area (Å²) in [6.07, 6.45) is 1.58. The Labute approximate surface area is 135 Å². The molecule has 0 saturated carbocycles. The van der Waals surface area contributed by atoms with E-state index in [0.717, 1.165) is 5.52 Å². The molecule has 116 valence electrons. The van der Waals surface area contributed by atoms with Crippen molar-refractivity contribution in [2.45, 2.75) is 0 Å². The van der Waals surface area contributed by atoms with E-state index >= 15 is 0 Å². The number of ether oxygens (including phenoxy) is 1. The number of esters is 1. The molecule has 0 amide bonds. The minimum absolute atomic E-state index is 0.0350. The summed E-state index contributed by atoms with van der Waals surface area (Å²) in [4.78, 5) is 26.8. The third-order valence-electron chi connectivity index (χ3n) is 3.43. The van der Waals surface area contributed by atoms with E-state index in [-0.39, 0.29) is 10.6 Å². The largest absolute Gasteiger partial charge is 0.478 e. The number of carbonyl (C=O) groups excluding carboxylic acids is 1. The summed E-state index contributed by atoms with van der Waals surface area (Å²) in [5, 5.41) is 9.16. The molecule has 1 N–H and O–H groups in total. The zero-order valence-electron chi connectivity index (χ0n) is 12.0. The number of carboxylic acids is 1. The van der Waals surface area contributed by atoms with E-state index in [1.165, 1.54) is 13.2 Å². The van der Waals surface area contributed by atoms with Crippen LogP contribution in [0.15, 0.2) is 42.7 Å². The Hall–Kier alpha value is -2.86. The molecule has 0 aliphatic rings. The van der Waals surface area contributed by atoms with Crippen LogP contribution >= 0.6 is 11.6 Å². The number of carboxylic acid groups (broad SMARTS) is 1. The molecule has 0 bridgehead atoms. The van der Waals surface area contributed by atoms with Gasteiger partial charge in [0.05, 0.1) is 34.3 Å².